The van der Waals surface area contributed by atoms with Gasteiger partial charge in [-0.3, -0.25) is 9.59 Å². The van der Waals surface area contributed by atoms with Gasteiger partial charge in [0.05, 0.1) is 10.9 Å². The molecule has 1 saturated heterocycles. The van der Waals surface area contributed by atoms with Crippen LogP contribution in [0.25, 0.3) is 5.69 Å². The third kappa shape index (κ3) is 3.43. The molecule has 0 radical (unpaired) electrons. The van der Waals surface area contributed by atoms with Crippen LogP contribution in [-0.2, 0) is 11.3 Å². The SMILES string of the molecule is CC(Sc1nnnn1-c1ccccc1)C(=O)N1CC2CC(C1)c1cccc(=O)n1C2. The number of pyridine rings is 1. The molecule has 1 fully saturated rings. The maximum absolute atomic E-state index is 13.2. The van der Waals surface area contributed by atoms with E-state index in [1.807, 2.05) is 58.9 Å². The minimum atomic E-state index is -0.310. The summed E-state index contributed by atoms with van der Waals surface area (Å²) in [6.45, 7) is 3.92. The number of fused-ring (bicyclic) bond motifs is 4. The minimum absolute atomic E-state index is 0.0543. The normalized spacial score (nSPS) is 21.2. The number of amides is 1. The van der Waals surface area contributed by atoms with Gasteiger partial charge in [-0.25, -0.2) is 0 Å². The molecule has 2 bridgehead atoms. The van der Waals surface area contributed by atoms with Gasteiger partial charge in [0.25, 0.3) is 5.56 Å². The fraction of sp³-hybridized carbons (Fsp3) is 0.381. The molecule has 0 spiro atoms. The Hall–Kier alpha value is -2.94. The Morgan fingerprint density at radius 3 is 2.77 bits per heavy atom. The summed E-state index contributed by atoms with van der Waals surface area (Å²) in [5, 5.41) is 12.3. The number of thioether (sulfide) groups is 1. The number of hydrogen-bond acceptors (Lipinski definition) is 6. The predicted octanol–water partition coefficient (Wildman–Crippen LogP) is 1.95. The number of carbonyl (C=O) groups excluding carboxylic acids is 1. The standard InChI is InChI=1S/C21H22N6O2S/c1-14(30-21-22-23-24-27(21)17-6-3-2-4-7-17)20(29)25-11-15-10-16(13-25)18-8-5-9-19(28)26(18)12-15/h2-9,14-16H,10-13H2,1H3. The number of piperidine rings is 1. The molecule has 154 valence electrons. The van der Waals surface area contributed by atoms with Crippen LogP contribution in [0.3, 0.4) is 0 Å². The maximum Gasteiger partial charge on any atom is 0.250 e. The first kappa shape index (κ1) is 19.0. The van der Waals surface area contributed by atoms with Crippen molar-refractivity contribution in [2.24, 2.45) is 5.92 Å². The Labute approximate surface area is 177 Å². The smallest absolute Gasteiger partial charge is 0.250 e. The molecule has 0 N–H and O–H groups in total. The molecule has 4 heterocycles. The van der Waals surface area contributed by atoms with Gasteiger partial charge in [0, 0.05) is 37.3 Å². The number of nitrogens with zero attached hydrogens (tertiary/aromatic N) is 6. The second-order valence-electron chi connectivity index (χ2n) is 7.91. The molecular weight excluding hydrogens is 400 g/mol. The molecule has 9 heteroatoms. The number of rotatable bonds is 4. The van der Waals surface area contributed by atoms with Crippen LogP contribution in [0.2, 0.25) is 0 Å². The van der Waals surface area contributed by atoms with Crippen LogP contribution in [0.4, 0.5) is 0 Å². The van der Waals surface area contributed by atoms with Crippen LogP contribution >= 0.6 is 11.8 Å². The fourth-order valence-electron chi connectivity index (χ4n) is 4.53. The van der Waals surface area contributed by atoms with Gasteiger partial charge >= 0.3 is 0 Å². The van der Waals surface area contributed by atoms with Crippen LogP contribution in [0, 0.1) is 5.92 Å². The molecule has 2 aromatic heterocycles. The number of para-hydroxylation sites is 1. The van der Waals surface area contributed by atoms with E-state index in [4.69, 9.17) is 0 Å². The van der Waals surface area contributed by atoms with Gasteiger partial charge in [0.1, 0.15) is 0 Å². The number of hydrogen-bond donors (Lipinski definition) is 0. The second kappa shape index (κ2) is 7.71. The lowest BCUT2D eigenvalue weighted by atomic mass is 9.83. The highest BCUT2D eigenvalue weighted by Crippen LogP contribution is 2.36. The van der Waals surface area contributed by atoms with Gasteiger partial charge in [0.15, 0.2) is 0 Å². The molecule has 2 aliphatic rings. The summed E-state index contributed by atoms with van der Waals surface area (Å²) in [5.74, 6) is 0.610. The van der Waals surface area contributed by atoms with Crippen molar-refractivity contribution in [2.45, 2.75) is 36.2 Å². The molecule has 5 rings (SSSR count). The van der Waals surface area contributed by atoms with Crippen molar-refractivity contribution in [3.63, 3.8) is 0 Å². The van der Waals surface area contributed by atoms with E-state index in [-0.39, 0.29) is 22.6 Å². The van der Waals surface area contributed by atoms with E-state index >= 15 is 0 Å². The van der Waals surface area contributed by atoms with Gasteiger partial charge in [-0.2, -0.15) is 4.68 Å². The highest BCUT2D eigenvalue weighted by Gasteiger charge is 2.37. The number of benzene rings is 1. The summed E-state index contributed by atoms with van der Waals surface area (Å²) in [7, 11) is 0. The van der Waals surface area contributed by atoms with Gasteiger partial charge < -0.3 is 9.47 Å². The summed E-state index contributed by atoms with van der Waals surface area (Å²) < 4.78 is 3.54. The Balaban J connectivity index is 1.32. The first-order chi connectivity index (χ1) is 14.6. The number of tetrazole rings is 1. The zero-order valence-electron chi connectivity index (χ0n) is 16.6. The first-order valence-electron chi connectivity index (χ1n) is 10.1. The summed E-state index contributed by atoms with van der Waals surface area (Å²) in [4.78, 5) is 27.4. The van der Waals surface area contributed by atoms with E-state index < -0.39 is 0 Å². The van der Waals surface area contributed by atoms with Crippen LogP contribution in [-0.4, -0.2) is 53.9 Å². The third-order valence-corrected chi connectivity index (χ3v) is 6.88. The minimum Gasteiger partial charge on any atom is -0.341 e. The average Bonchev–Trinajstić information content (AvgIpc) is 3.22. The second-order valence-corrected chi connectivity index (χ2v) is 9.22. The lowest BCUT2D eigenvalue weighted by Gasteiger charge is -2.43. The first-order valence-corrected chi connectivity index (χ1v) is 11.0. The zero-order valence-corrected chi connectivity index (χ0v) is 17.4. The molecule has 0 saturated carbocycles. The quantitative estimate of drug-likeness (QED) is 0.598. The topological polar surface area (TPSA) is 85.9 Å². The Morgan fingerprint density at radius 1 is 1.10 bits per heavy atom. The van der Waals surface area contributed by atoms with Crippen LogP contribution < -0.4 is 5.56 Å². The molecule has 1 amide bonds. The molecular formula is C21H22N6O2S. The van der Waals surface area contributed by atoms with Gasteiger partial charge in [-0.05, 0) is 47.9 Å². The highest BCUT2D eigenvalue weighted by atomic mass is 32.2. The Kier molecular flexibility index (Phi) is 4.90. The van der Waals surface area contributed by atoms with Crippen LogP contribution in [0.5, 0.6) is 0 Å². The van der Waals surface area contributed by atoms with E-state index in [9.17, 15) is 9.59 Å². The largest absolute Gasteiger partial charge is 0.341 e. The summed E-state index contributed by atoms with van der Waals surface area (Å²) in [6, 6.07) is 15.1. The van der Waals surface area contributed by atoms with E-state index in [1.54, 1.807) is 10.7 Å². The van der Waals surface area contributed by atoms with Crippen molar-refractivity contribution in [2.75, 3.05) is 13.1 Å². The summed E-state index contributed by atoms with van der Waals surface area (Å²) in [6.07, 6.45) is 1.03. The molecule has 2 aliphatic heterocycles. The van der Waals surface area contributed by atoms with E-state index in [2.05, 4.69) is 15.5 Å². The molecule has 3 aromatic rings. The Bertz CT molecular complexity index is 1130. The van der Waals surface area contributed by atoms with Crippen molar-refractivity contribution in [3.05, 3.63) is 64.6 Å². The lowest BCUT2D eigenvalue weighted by molar-refractivity contribution is -0.133. The van der Waals surface area contributed by atoms with Crippen molar-refractivity contribution in [1.82, 2.24) is 29.7 Å². The monoisotopic (exact) mass is 422 g/mol. The van der Waals surface area contributed by atoms with Crippen molar-refractivity contribution >= 4 is 17.7 Å². The average molecular weight is 423 g/mol. The van der Waals surface area contributed by atoms with Crippen molar-refractivity contribution < 1.29 is 4.79 Å². The molecule has 0 aliphatic carbocycles. The van der Waals surface area contributed by atoms with E-state index in [0.29, 0.717) is 30.7 Å². The summed E-state index contributed by atoms with van der Waals surface area (Å²) in [5.41, 5.74) is 1.96. The van der Waals surface area contributed by atoms with Gasteiger partial charge in [-0.1, -0.05) is 36.0 Å². The van der Waals surface area contributed by atoms with E-state index in [0.717, 1.165) is 17.8 Å². The molecule has 3 unspecified atom stereocenters. The maximum atomic E-state index is 13.2. The van der Waals surface area contributed by atoms with E-state index in [1.165, 1.54) is 11.8 Å². The summed E-state index contributed by atoms with van der Waals surface area (Å²) >= 11 is 1.37. The van der Waals surface area contributed by atoms with Crippen LogP contribution in [0.15, 0.2) is 58.5 Å². The van der Waals surface area contributed by atoms with Crippen molar-refractivity contribution in [3.8, 4) is 5.69 Å². The van der Waals surface area contributed by atoms with Crippen molar-refractivity contribution in [1.29, 1.82) is 0 Å². The highest BCUT2D eigenvalue weighted by molar-refractivity contribution is 8.00. The molecule has 30 heavy (non-hydrogen) atoms. The van der Waals surface area contributed by atoms with Crippen LogP contribution in [0.1, 0.15) is 25.0 Å². The Morgan fingerprint density at radius 2 is 1.93 bits per heavy atom. The third-order valence-electron chi connectivity index (χ3n) is 5.86. The molecule has 3 atom stereocenters. The predicted molar refractivity (Wildman–Crippen MR) is 113 cm³/mol. The molecule has 8 nitrogen and oxygen atoms in total. The fourth-order valence-corrected chi connectivity index (χ4v) is 5.42. The zero-order chi connectivity index (χ0) is 20.7. The lowest BCUT2D eigenvalue weighted by Crippen LogP contribution is -2.50. The molecule has 1 aromatic carbocycles. The number of carbonyl (C=O) groups is 1. The number of aromatic nitrogens is 5. The van der Waals surface area contributed by atoms with Gasteiger partial charge in [-0.15, -0.1) is 5.10 Å². The number of likely N-dealkylation sites (tertiary alicyclic amines) is 1. The van der Waals surface area contributed by atoms with Gasteiger partial charge in [0.2, 0.25) is 11.1 Å².